The number of benzene rings is 1. The molecule has 152 valence electrons. The van der Waals surface area contributed by atoms with E-state index in [2.05, 4.69) is 20.6 Å². The van der Waals surface area contributed by atoms with Crippen molar-refractivity contribution < 1.29 is 18.7 Å². The maximum atomic E-state index is 14.1. The number of hydrogen-bond acceptors (Lipinski definition) is 7. The van der Waals surface area contributed by atoms with Crippen LogP contribution in [-0.4, -0.2) is 48.1 Å². The number of morpholine rings is 1. The third-order valence-electron chi connectivity index (χ3n) is 4.95. The van der Waals surface area contributed by atoms with Crippen molar-refractivity contribution in [2.75, 3.05) is 47.6 Å². The predicted molar refractivity (Wildman–Crippen MR) is 105 cm³/mol. The summed E-state index contributed by atoms with van der Waals surface area (Å²) in [7, 11) is 0. The molecule has 29 heavy (non-hydrogen) atoms. The third kappa shape index (κ3) is 3.83. The van der Waals surface area contributed by atoms with Crippen molar-refractivity contribution in [2.24, 2.45) is 0 Å². The van der Waals surface area contributed by atoms with Gasteiger partial charge in [-0.1, -0.05) is 6.07 Å². The number of anilines is 4. The molecule has 1 fully saturated rings. The number of fused-ring (bicyclic) bond motifs is 1. The first-order chi connectivity index (χ1) is 13.9. The lowest BCUT2D eigenvalue weighted by atomic mass is 9.91. The van der Waals surface area contributed by atoms with Gasteiger partial charge < -0.3 is 26.0 Å². The Morgan fingerprint density at radius 1 is 1.34 bits per heavy atom. The quantitative estimate of drug-likeness (QED) is 0.712. The first-order valence-electron chi connectivity index (χ1n) is 9.29. The number of nitrogens with two attached hydrogens (primary N) is 1. The van der Waals surface area contributed by atoms with E-state index in [-0.39, 0.29) is 29.7 Å². The van der Waals surface area contributed by atoms with E-state index in [0.29, 0.717) is 37.8 Å². The molecule has 0 bridgehead atoms. The van der Waals surface area contributed by atoms with Gasteiger partial charge in [0.2, 0.25) is 17.8 Å². The van der Waals surface area contributed by atoms with E-state index in [1.807, 2.05) is 4.90 Å². The summed E-state index contributed by atoms with van der Waals surface area (Å²) < 4.78 is 19.5. The van der Waals surface area contributed by atoms with Gasteiger partial charge in [-0.15, -0.1) is 0 Å². The monoisotopic (exact) mass is 400 g/mol. The van der Waals surface area contributed by atoms with Crippen LogP contribution in [0.2, 0.25) is 0 Å². The zero-order valence-electron chi connectivity index (χ0n) is 15.9. The fourth-order valence-corrected chi connectivity index (χ4v) is 3.45. The Kier molecular flexibility index (Phi) is 5.01. The van der Waals surface area contributed by atoms with Gasteiger partial charge in [-0.05, 0) is 24.6 Å². The molecule has 2 aliphatic heterocycles. The lowest BCUT2D eigenvalue weighted by Crippen LogP contribution is -2.38. The van der Waals surface area contributed by atoms with Crippen LogP contribution in [0.1, 0.15) is 23.5 Å². The normalized spacial score (nSPS) is 18.8. The zero-order valence-corrected chi connectivity index (χ0v) is 15.9. The molecule has 10 heteroatoms. The van der Waals surface area contributed by atoms with Gasteiger partial charge in [0.1, 0.15) is 17.5 Å². The molecule has 2 amide bonds. The van der Waals surface area contributed by atoms with Crippen molar-refractivity contribution in [3.05, 3.63) is 35.1 Å². The number of rotatable bonds is 3. The Bertz CT molecular complexity index is 977. The van der Waals surface area contributed by atoms with Crippen LogP contribution in [0.15, 0.2) is 18.2 Å². The first-order valence-corrected chi connectivity index (χ1v) is 9.29. The average molecular weight is 400 g/mol. The number of halogens is 1. The summed E-state index contributed by atoms with van der Waals surface area (Å²) in [5, 5.41) is 5.21. The van der Waals surface area contributed by atoms with Crippen LogP contribution in [0.4, 0.5) is 27.7 Å². The van der Waals surface area contributed by atoms with Crippen LogP contribution in [0.3, 0.4) is 0 Å². The highest BCUT2D eigenvalue weighted by Crippen LogP contribution is 2.36. The summed E-state index contributed by atoms with van der Waals surface area (Å²) in [6.45, 7) is 4.03. The largest absolute Gasteiger partial charge is 0.383 e. The lowest BCUT2D eigenvalue weighted by Gasteiger charge is -2.30. The van der Waals surface area contributed by atoms with E-state index in [1.54, 1.807) is 13.0 Å². The maximum absolute atomic E-state index is 14.1. The van der Waals surface area contributed by atoms with E-state index >= 15 is 0 Å². The highest BCUT2D eigenvalue weighted by atomic mass is 19.1. The van der Waals surface area contributed by atoms with E-state index in [1.165, 1.54) is 12.1 Å². The van der Waals surface area contributed by atoms with Gasteiger partial charge in [0.05, 0.1) is 30.4 Å². The molecule has 0 saturated carbocycles. The third-order valence-corrected chi connectivity index (χ3v) is 4.95. The van der Waals surface area contributed by atoms with Crippen molar-refractivity contribution in [3.8, 4) is 0 Å². The number of ether oxygens (including phenoxy) is 1. The summed E-state index contributed by atoms with van der Waals surface area (Å²) in [5.41, 5.74) is 7.26. The molecule has 1 aromatic carbocycles. The SMILES string of the molecule is Cc1ccc(NC(=O)[C@H]2CC(=O)Nc3nc(N4CCOCC4)nc(N)c32)c(F)c1. The van der Waals surface area contributed by atoms with Crippen LogP contribution in [-0.2, 0) is 14.3 Å². The molecule has 0 radical (unpaired) electrons. The van der Waals surface area contributed by atoms with Gasteiger partial charge in [-0.25, -0.2) is 4.39 Å². The Hall–Kier alpha value is -3.27. The number of nitrogens with one attached hydrogen (secondary N) is 2. The number of nitrogens with zero attached hydrogens (tertiary/aromatic N) is 3. The Morgan fingerprint density at radius 2 is 2.10 bits per heavy atom. The van der Waals surface area contributed by atoms with E-state index in [0.717, 1.165) is 5.56 Å². The van der Waals surface area contributed by atoms with Gasteiger partial charge in [-0.2, -0.15) is 9.97 Å². The topological polar surface area (TPSA) is 122 Å². The van der Waals surface area contributed by atoms with Crippen molar-refractivity contribution in [1.29, 1.82) is 0 Å². The molecule has 2 aliphatic rings. The number of carbonyl (C=O) groups is 2. The molecular weight excluding hydrogens is 379 g/mol. The molecule has 3 heterocycles. The predicted octanol–water partition coefficient (Wildman–Crippen LogP) is 1.41. The van der Waals surface area contributed by atoms with Crippen molar-refractivity contribution in [2.45, 2.75) is 19.3 Å². The molecule has 1 atom stereocenters. The molecule has 1 saturated heterocycles. The summed E-state index contributed by atoms with van der Waals surface area (Å²) >= 11 is 0. The summed E-state index contributed by atoms with van der Waals surface area (Å²) in [6.07, 6.45) is -0.128. The second kappa shape index (κ2) is 7.63. The second-order valence-electron chi connectivity index (χ2n) is 7.05. The van der Waals surface area contributed by atoms with Gasteiger partial charge in [0.25, 0.3) is 0 Å². The summed E-state index contributed by atoms with van der Waals surface area (Å²) in [4.78, 5) is 35.7. The van der Waals surface area contributed by atoms with Gasteiger partial charge in [-0.3, -0.25) is 9.59 Å². The summed E-state index contributed by atoms with van der Waals surface area (Å²) in [5.74, 6) is -1.69. The number of hydrogen-bond donors (Lipinski definition) is 3. The number of amides is 2. The molecule has 4 rings (SSSR count). The molecule has 0 unspecified atom stereocenters. The highest BCUT2D eigenvalue weighted by molar-refractivity contribution is 6.05. The highest BCUT2D eigenvalue weighted by Gasteiger charge is 2.35. The number of carbonyl (C=O) groups excluding carboxylic acids is 2. The molecule has 1 aromatic heterocycles. The van der Waals surface area contributed by atoms with Crippen LogP contribution in [0.5, 0.6) is 0 Å². The fourth-order valence-electron chi connectivity index (χ4n) is 3.45. The minimum absolute atomic E-state index is 0.0394. The van der Waals surface area contributed by atoms with Gasteiger partial charge in [0.15, 0.2) is 0 Å². The van der Waals surface area contributed by atoms with Crippen LogP contribution in [0.25, 0.3) is 0 Å². The Balaban J connectivity index is 1.64. The van der Waals surface area contributed by atoms with E-state index < -0.39 is 17.6 Å². The molecule has 4 N–H and O–H groups in total. The lowest BCUT2D eigenvalue weighted by molar-refractivity contribution is -0.123. The Labute approximate surface area is 166 Å². The van der Waals surface area contributed by atoms with Crippen LogP contribution in [0, 0.1) is 12.7 Å². The minimum Gasteiger partial charge on any atom is -0.383 e. The standard InChI is InChI=1S/C19H21FN6O3/c1-10-2-3-13(12(20)8-10)22-18(28)11-9-14(27)23-17-15(11)16(21)24-19(25-17)26-4-6-29-7-5-26/h2-3,8,11H,4-7,9H2,1H3,(H,22,28)(H3,21,23,24,25,27)/t11-/m0/s1. The zero-order chi connectivity index (χ0) is 20.5. The molecule has 2 aromatic rings. The van der Waals surface area contributed by atoms with Gasteiger partial charge >= 0.3 is 0 Å². The second-order valence-corrected chi connectivity index (χ2v) is 7.05. The molecule has 9 nitrogen and oxygen atoms in total. The average Bonchev–Trinajstić information content (AvgIpc) is 2.69. The van der Waals surface area contributed by atoms with Crippen LogP contribution >= 0.6 is 0 Å². The van der Waals surface area contributed by atoms with Crippen molar-refractivity contribution >= 4 is 35.1 Å². The smallest absolute Gasteiger partial charge is 0.232 e. The van der Waals surface area contributed by atoms with Crippen molar-refractivity contribution in [1.82, 2.24) is 9.97 Å². The first kappa shape index (κ1) is 19.1. The van der Waals surface area contributed by atoms with Gasteiger partial charge in [0, 0.05) is 19.5 Å². The molecule has 0 spiro atoms. The number of aromatic nitrogens is 2. The number of nitrogen functional groups attached to an aromatic ring is 1. The minimum atomic E-state index is -0.918. The van der Waals surface area contributed by atoms with Crippen LogP contribution < -0.4 is 21.3 Å². The number of aryl methyl sites for hydroxylation is 1. The van der Waals surface area contributed by atoms with E-state index in [9.17, 15) is 14.0 Å². The molecule has 0 aliphatic carbocycles. The Morgan fingerprint density at radius 3 is 2.83 bits per heavy atom. The summed E-state index contributed by atoms with van der Waals surface area (Å²) in [6, 6.07) is 4.49. The molecular formula is C19H21FN6O3. The maximum Gasteiger partial charge on any atom is 0.232 e. The van der Waals surface area contributed by atoms with Crippen molar-refractivity contribution in [3.63, 3.8) is 0 Å². The fraction of sp³-hybridized carbons (Fsp3) is 0.368. The van der Waals surface area contributed by atoms with E-state index in [4.69, 9.17) is 10.5 Å².